The van der Waals surface area contributed by atoms with Crippen LogP contribution in [0.1, 0.15) is 25.5 Å². The van der Waals surface area contributed by atoms with Gasteiger partial charge in [0.2, 0.25) is 6.08 Å². The van der Waals surface area contributed by atoms with Crippen molar-refractivity contribution in [1.82, 2.24) is 0 Å². The second kappa shape index (κ2) is 4.32. The van der Waals surface area contributed by atoms with E-state index in [1.54, 1.807) is 6.07 Å². The predicted molar refractivity (Wildman–Crippen MR) is 52.4 cm³/mol. The Labute approximate surface area is 86.6 Å². The monoisotopic (exact) mass is 211 g/mol. The van der Waals surface area contributed by atoms with Gasteiger partial charge in [-0.15, -0.1) is 0 Å². The van der Waals surface area contributed by atoms with E-state index in [2.05, 4.69) is 4.99 Å². The molecule has 1 unspecified atom stereocenters. The molecule has 1 atom stereocenters. The highest BCUT2D eigenvalue weighted by Gasteiger charge is 2.32. The van der Waals surface area contributed by atoms with Gasteiger partial charge < -0.3 is 0 Å². The summed E-state index contributed by atoms with van der Waals surface area (Å²) in [6.07, 6.45) is 1.27. The second-order valence-electron chi connectivity index (χ2n) is 3.71. The van der Waals surface area contributed by atoms with Crippen LogP contribution in [0.15, 0.2) is 29.3 Å². The summed E-state index contributed by atoms with van der Waals surface area (Å²) in [6, 6.07) is 4.51. The normalized spacial score (nSPS) is 13.1. The fourth-order valence-corrected chi connectivity index (χ4v) is 1.34. The van der Waals surface area contributed by atoms with Crippen molar-refractivity contribution in [3.63, 3.8) is 0 Å². The molecular weight excluding hydrogens is 200 g/mol. The highest BCUT2D eigenvalue weighted by molar-refractivity contribution is 5.37. The van der Waals surface area contributed by atoms with E-state index in [1.165, 1.54) is 38.1 Å². The predicted octanol–water partition coefficient (Wildman–Crippen LogP) is 2.95. The van der Waals surface area contributed by atoms with Crippen LogP contribution in [-0.4, -0.2) is 11.7 Å². The molecule has 1 rings (SSSR count). The maximum atomic E-state index is 13.7. The van der Waals surface area contributed by atoms with Crippen LogP contribution in [0.5, 0.6) is 0 Å². The molecule has 0 bridgehead atoms. The number of halogens is 2. The molecule has 1 aromatic carbocycles. The smallest absolute Gasteiger partial charge is 0.235 e. The summed E-state index contributed by atoms with van der Waals surface area (Å²) in [5.41, 5.74) is -1.74. The Morgan fingerprint density at radius 3 is 2.47 bits per heavy atom. The molecule has 1 aromatic rings. The lowest BCUT2D eigenvalue weighted by Crippen LogP contribution is -2.23. The van der Waals surface area contributed by atoms with E-state index in [1.807, 2.05) is 0 Å². The summed E-state index contributed by atoms with van der Waals surface area (Å²) in [4.78, 5) is 13.5. The van der Waals surface area contributed by atoms with E-state index < -0.39 is 17.5 Å². The molecule has 0 fully saturated rings. The third-order valence-electron chi connectivity index (χ3n) is 2.03. The first-order chi connectivity index (χ1) is 6.96. The Balaban J connectivity index is 3.22. The molecule has 15 heavy (non-hydrogen) atoms. The summed E-state index contributed by atoms with van der Waals surface area (Å²) in [5.74, 6) is -0.577. The van der Waals surface area contributed by atoms with E-state index >= 15 is 0 Å². The number of nitrogens with zero attached hydrogens (tertiary/aromatic N) is 1. The first-order valence-corrected chi connectivity index (χ1v) is 4.47. The van der Waals surface area contributed by atoms with Crippen molar-refractivity contribution >= 4 is 6.08 Å². The quantitative estimate of drug-likeness (QED) is 0.558. The number of hydrogen-bond donors (Lipinski definition) is 0. The van der Waals surface area contributed by atoms with E-state index in [-0.39, 0.29) is 5.56 Å². The van der Waals surface area contributed by atoms with Crippen LogP contribution in [0, 0.1) is 5.82 Å². The lowest BCUT2D eigenvalue weighted by molar-refractivity contribution is 0.172. The van der Waals surface area contributed by atoms with Gasteiger partial charge in [0, 0.05) is 5.56 Å². The summed E-state index contributed by atoms with van der Waals surface area (Å²) < 4.78 is 27.0. The Morgan fingerprint density at radius 1 is 1.40 bits per heavy atom. The van der Waals surface area contributed by atoms with Gasteiger partial charge in [-0.1, -0.05) is 18.2 Å². The minimum atomic E-state index is -1.81. The lowest BCUT2D eigenvalue weighted by atomic mass is 9.94. The molecule has 80 valence electrons. The third kappa shape index (κ3) is 2.70. The van der Waals surface area contributed by atoms with Gasteiger partial charge in [-0.25, -0.2) is 13.6 Å². The summed E-state index contributed by atoms with van der Waals surface area (Å²) in [6.45, 7) is 2.48. The molecular formula is C11H11F2NO. The van der Waals surface area contributed by atoms with Crippen molar-refractivity contribution in [2.45, 2.75) is 25.6 Å². The van der Waals surface area contributed by atoms with E-state index in [0.29, 0.717) is 0 Å². The van der Waals surface area contributed by atoms with E-state index in [4.69, 9.17) is 0 Å². The summed E-state index contributed by atoms with van der Waals surface area (Å²) in [7, 11) is 0. The van der Waals surface area contributed by atoms with Crippen molar-refractivity contribution in [2.75, 3.05) is 0 Å². The Bertz CT molecular complexity index is 392. The fourth-order valence-electron chi connectivity index (χ4n) is 1.34. The minimum absolute atomic E-state index is 0.0633. The first-order valence-electron chi connectivity index (χ1n) is 4.47. The molecule has 0 N–H and O–H groups in total. The van der Waals surface area contributed by atoms with Gasteiger partial charge in [-0.3, -0.25) is 0 Å². The molecule has 0 aliphatic carbocycles. The molecule has 0 spiro atoms. The Kier molecular flexibility index (Phi) is 3.32. The zero-order valence-corrected chi connectivity index (χ0v) is 8.50. The number of rotatable bonds is 3. The van der Waals surface area contributed by atoms with E-state index in [0.717, 1.165) is 0 Å². The van der Waals surface area contributed by atoms with Crippen LogP contribution in [0.25, 0.3) is 0 Å². The van der Waals surface area contributed by atoms with Gasteiger partial charge in [0.25, 0.3) is 0 Å². The molecule has 2 nitrogen and oxygen atoms in total. The van der Waals surface area contributed by atoms with Crippen LogP contribution in [0.4, 0.5) is 8.78 Å². The average Bonchev–Trinajstić information content (AvgIpc) is 2.14. The maximum Gasteiger partial charge on any atom is 0.235 e. The van der Waals surface area contributed by atoms with Gasteiger partial charge >= 0.3 is 0 Å². The van der Waals surface area contributed by atoms with Crippen LogP contribution in [0.3, 0.4) is 0 Å². The fraction of sp³-hybridized carbons (Fsp3) is 0.364. The molecule has 0 heterocycles. The third-order valence-corrected chi connectivity index (χ3v) is 2.03. The van der Waals surface area contributed by atoms with Crippen molar-refractivity contribution in [2.24, 2.45) is 4.99 Å². The van der Waals surface area contributed by atoms with Gasteiger partial charge in [0.05, 0.1) is 0 Å². The zero-order valence-electron chi connectivity index (χ0n) is 8.50. The number of benzene rings is 1. The van der Waals surface area contributed by atoms with Gasteiger partial charge in [0.15, 0.2) is 0 Å². The van der Waals surface area contributed by atoms with Crippen molar-refractivity contribution in [3.05, 3.63) is 35.6 Å². The molecule has 0 amide bonds. The second-order valence-corrected chi connectivity index (χ2v) is 3.71. The Morgan fingerprint density at radius 2 is 2.00 bits per heavy atom. The molecule has 0 aliphatic heterocycles. The summed E-state index contributed by atoms with van der Waals surface area (Å²) in [5, 5.41) is 0. The van der Waals surface area contributed by atoms with Crippen molar-refractivity contribution in [1.29, 1.82) is 0 Å². The molecule has 4 heteroatoms. The standard InChI is InChI=1S/C11H11F2NO/c1-11(2,13)10(14-7-15)8-5-3-4-6-9(8)12/h3-6,10H,1-2H3. The molecule has 0 saturated heterocycles. The average molecular weight is 211 g/mol. The molecule has 0 aromatic heterocycles. The highest BCUT2D eigenvalue weighted by Crippen LogP contribution is 2.33. The number of carbonyl (C=O) groups excluding carboxylic acids is 1. The zero-order chi connectivity index (χ0) is 11.5. The van der Waals surface area contributed by atoms with Crippen molar-refractivity contribution in [3.8, 4) is 0 Å². The lowest BCUT2D eigenvalue weighted by Gasteiger charge is -2.22. The van der Waals surface area contributed by atoms with Gasteiger partial charge in [-0.05, 0) is 19.9 Å². The van der Waals surface area contributed by atoms with Gasteiger partial charge in [0.1, 0.15) is 17.5 Å². The van der Waals surface area contributed by atoms with Crippen LogP contribution >= 0.6 is 0 Å². The number of hydrogen-bond acceptors (Lipinski definition) is 2. The molecule has 0 radical (unpaired) electrons. The van der Waals surface area contributed by atoms with Crippen molar-refractivity contribution < 1.29 is 13.6 Å². The number of alkyl halides is 1. The van der Waals surface area contributed by atoms with Gasteiger partial charge in [-0.2, -0.15) is 4.99 Å². The van der Waals surface area contributed by atoms with Crippen LogP contribution in [-0.2, 0) is 4.79 Å². The Hall–Kier alpha value is -1.54. The summed E-state index contributed by atoms with van der Waals surface area (Å²) >= 11 is 0. The largest absolute Gasteiger partial charge is 0.242 e. The van der Waals surface area contributed by atoms with Crippen LogP contribution in [0.2, 0.25) is 0 Å². The SMILES string of the molecule is CC(C)(F)C(N=C=O)c1ccccc1F. The number of isocyanates is 1. The van der Waals surface area contributed by atoms with E-state index in [9.17, 15) is 13.6 Å². The highest BCUT2D eigenvalue weighted by atomic mass is 19.1. The van der Waals surface area contributed by atoms with Crippen LogP contribution < -0.4 is 0 Å². The minimum Gasteiger partial charge on any atom is -0.242 e. The maximum absolute atomic E-state index is 13.7. The topological polar surface area (TPSA) is 29.4 Å². The molecule has 0 aliphatic rings. The molecule has 0 saturated carbocycles. The first kappa shape index (κ1) is 11.5. The number of aliphatic imine (C=N–C) groups is 1.